The van der Waals surface area contributed by atoms with E-state index in [0.717, 1.165) is 51.4 Å². The monoisotopic (exact) mass is 436 g/mol. The standard InChI is InChI=1S/C24H36O7/c1-5-7-9-11-13-30-23(26)19(24(27)31-14-12-10-8-6-2)15-18-16-20(28-3)22(25)21(17-18)29-4/h15-17,25H,5-14H2,1-4H3. The summed E-state index contributed by atoms with van der Waals surface area (Å²) >= 11 is 0. The first-order valence-corrected chi connectivity index (χ1v) is 11.0. The number of carbonyl (C=O) groups excluding carboxylic acids is 2. The molecule has 174 valence electrons. The number of methoxy groups -OCH3 is 2. The van der Waals surface area contributed by atoms with E-state index in [0.29, 0.717) is 5.56 Å². The summed E-state index contributed by atoms with van der Waals surface area (Å²) in [7, 11) is 2.80. The predicted octanol–water partition coefficient (Wildman–Crippen LogP) is 5.04. The number of benzene rings is 1. The first kappa shape index (κ1) is 26.3. The highest BCUT2D eigenvalue weighted by molar-refractivity contribution is 6.17. The van der Waals surface area contributed by atoms with Crippen LogP contribution in [-0.4, -0.2) is 44.5 Å². The fourth-order valence-corrected chi connectivity index (χ4v) is 2.91. The Balaban J connectivity index is 3.02. The van der Waals surface area contributed by atoms with Crippen LogP contribution in [0.25, 0.3) is 6.08 Å². The minimum atomic E-state index is -0.735. The summed E-state index contributed by atoms with van der Waals surface area (Å²) in [6.45, 7) is 4.68. The third-order valence-electron chi connectivity index (χ3n) is 4.72. The molecule has 0 heterocycles. The highest BCUT2D eigenvalue weighted by Crippen LogP contribution is 2.37. The van der Waals surface area contributed by atoms with Crippen molar-refractivity contribution in [3.63, 3.8) is 0 Å². The topological polar surface area (TPSA) is 91.3 Å². The molecule has 1 rings (SSSR count). The van der Waals surface area contributed by atoms with Gasteiger partial charge in [-0.1, -0.05) is 52.4 Å². The molecule has 0 aliphatic heterocycles. The number of unbranched alkanes of at least 4 members (excludes halogenated alkanes) is 6. The number of esters is 2. The molecule has 0 bridgehead atoms. The molecule has 1 aromatic carbocycles. The number of rotatable bonds is 15. The molecular weight excluding hydrogens is 400 g/mol. The van der Waals surface area contributed by atoms with Gasteiger partial charge in [-0.25, -0.2) is 9.59 Å². The molecule has 0 saturated heterocycles. The summed E-state index contributed by atoms with van der Waals surface area (Å²) in [6, 6.07) is 3.00. The summed E-state index contributed by atoms with van der Waals surface area (Å²) in [5, 5.41) is 10.1. The Morgan fingerprint density at radius 1 is 0.806 bits per heavy atom. The Bertz CT molecular complexity index is 672. The van der Waals surface area contributed by atoms with Gasteiger partial charge in [0.25, 0.3) is 0 Å². The fraction of sp³-hybridized carbons (Fsp3) is 0.583. The molecule has 31 heavy (non-hydrogen) atoms. The molecule has 1 N–H and O–H groups in total. The molecule has 0 unspecified atom stereocenters. The molecule has 1 aromatic rings. The predicted molar refractivity (Wildman–Crippen MR) is 119 cm³/mol. The number of phenolic OH excluding ortho intramolecular Hbond substituents is 1. The smallest absolute Gasteiger partial charge is 0.345 e. The molecule has 0 aliphatic rings. The number of carbonyl (C=O) groups is 2. The van der Waals surface area contributed by atoms with E-state index in [1.54, 1.807) is 0 Å². The molecule has 0 aliphatic carbocycles. The van der Waals surface area contributed by atoms with E-state index in [1.807, 2.05) is 0 Å². The van der Waals surface area contributed by atoms with Crippen LogP contribution in [0.3, 0.4) is 0 Å². The number of hydrogen-bond donors (Lipinski definition) is 1. The van der Waals surface area contributed by atoms with Crippen LogP contribution < -0.4 is 9.47 Å². The van der Waals surface area contributed by atoms with Crippen LogP contribution >= 0.6 is 0 Å². The SMILES string of the molecule is CCCCCCOC(=O)C(=Cc1cc(OC)c(O)c(OC)c1)C(=O)OCCCCCC. The Kier molecular flexibility index (Phi) is 12.9. The van der Waals surface area contributed by atoms with Crippen molar-refractivity contribution in [2.24, 2.45) is 0 Å². The number of hydrogen-bond acceptors (Lipinski definition) is 7. The second-order valence-corrected chi connectivity index (χ2v) is 7.23. The van der Waals surface area contributed by atoms with Gasteiger partial charge in [-0.15, -0.1) is 0 Å². The van der Waals surface area contributed by atoms with Gasteiger partial charge in [-0.2, -0.15) is 0 Å². The quantitative estimate of drug-likeness (QED) is 0.135. The van der Waals surface area contributed by atoms with Gasteiger partial charge in [-0.3, -0.25) is 0 Å². The highest BCUT2D eigenvalue weighted by atomic mass is 16.6. The Hall–Kier alpha value is -2.70. The van der Waals surface area contributed by atoms with Gasteiger partial charge in [0.05, 0.1) is 27.4 Å². The van der Waals surface area contributed by atoms with Gasteiger partial charge in [-0.05, 0) is 36.6 Å². The lowest BCUT2D eigenvalue weighted by Gasteiger charge is -2.12. The average Bonchev–Trinajstić information content (AvgIpc) is 2.77. The lowest BCUT2D eigenvalue weighted by Crippen LogP contribution is -2.19. The van der Waals surface area contributed by atoms with Crippen molar-refractivity contribution in [3.8, 4) is 17.2 Å². The third kappa shape index (κ3) is 9.32. The lowest BCUT2D eigenvalue weighted by atomic mass is 10.1. The molecule has 0 amide bonds. The van der Waals surface area contributed by atoms with Gasteiger partial charge in [0.2, 0.25) is 5.75 Å². The third-order valence-corrected chi connectivity index (χ3v) is 4.72. The van der Waals surface area contributed by atoms with E-state index >= 15 is 0 Å². The molecule has 7 nitrogen and oxygen atoms in total. The molecule has 0 fully saturated rings. The highest BCUT2D eigenvalue weighted by Gasteiger charge is 2.22. The van der Waals surface area contributed by atoms with Crippen molar-refractivity contribution in [1.29, 1.82) is 0 Å². The average molecular weight is 437 g/mol. The van der Waals surface area contributed by atoms with Crippen LogP contribution in [0.2, 0.25) is 0 Å². The molecule has 0 radical (unpaired) electrons. The van der Waals surface area contributed by atoms with Crippen LogP contribution in [0.1, 0.15) is 70.8 Å². The van der Waals surface area contributed by atoms with Crippen molar-refractivity contribution in [3.05, 3.63) is 23.3 Å². The molecule has 0 aromatic heterocycles. The Morgan fingerprint density at radius 3 is 1.65 bits per heavy atom. The van der Waals surface area contributed by atoms with E-state index in [1.165, 1.54) is 32.4 Å². The zero-order chi connectivity index (χ0) is 23.1. The Morgan fingerprint density at radius 2 is 1.26 bits per heavy atom. The maximum atomic E-state index is 12.6. The van der Waals surface area contributed by atoms with Crippen molar-refractivity contribution in [1.82, 2.24) is 0 Å². The van der Waals surface area contributed by atoms with Gasteiger partial charge in [0, 0.05) is 0 Å². The zero-order valence-electron chi connectivity index (χ0n) is 19.2. The van der Waals surface area contributed by atoms with E-state index in [2.05, 4.69) is 13.8 Å². The van der Waals surface area contributed by atoms with Crippen LogP contribution in [0.4, 0.5) is 0 Å². The molecule has 0 spiro atoms. The van der Waals surface area contributed by atoms with Crippen LogP contribution in [0.15, 0.2) is 17.7 Å². The van der Waals surface area contributed by atoms with E-state index in [-0.39, 0.29) is 36.0 Å². The van der Waals surface area contributed by atoms with Crippen molar-refractivity contribution in [2.45, 2.75) is 65.2 Å². The van der Waals surface area contributed by atoms with E-state index in [9.17, 15) is 14.7 Å². The second kappa shape index (κ2) is 15.2. The summed E-state index contributed by atoms with van der Waals surface area (Å²) in [5.74, 6) is -1.32. The molecular formula is C24H36O7. The maximum absolute atomic E-state index is 12.6. The minimum absolute atomic E-state index is 0.158. The second-order valence-electron chi connectivity index (χ2n) is 7.23. The molecule has 7 heteroatoms. The molecule has 0 atom stereocenters. The maximum Gasteiger partial charge on any atom is 0.345 e. The lowest BCUT2D eigenvalue weighted by molar-refractivity contribution is -0.147. The van der Waals surface area contributed by atoms with Gasteiger partial charge >= 0.3 is 11.9 Å². The number of ether oxygens (including phenoxy) is 4. The van der Waals surface area contributed by atoms with Gasteiger partial charge in [0.1, 0.15) is 5.57 Å². The Labute approximate surface area is 185 Å². The minimum Gasteiger partial charge on any atom is -0.502 e. The first-order valence-electron chi connectivity index (χ1n) is 11.0. The normalized spacial score (nSPS) is 10.3. The molecule has 0 saturated carbocycles. The van der Waals surface area contributed by atoms with E-state index < -0.39 is 11.9 Å². The summed E-state index contributed by atoms with van der Waals surface area (Å²) in [5.41, 5.74) is 0.230. The van der Waals surface area contributed by atoms with Gasteiger partial charge in [0.15, 0.2) is 11.5 Å². The number of phenols is 1. The fourth-order valence-electron chi connectivity index (χ4n) is 2.91. The first-order chi connectivity index (χ1) is 15.0. The summed E-state index contributed by atoms with van der Waals surface area (Å²) < 4.78 is 20.9. The van der Waals surface area contributed by atoms with Crippen LogP contribution in [0.5, 0.6) is 17.2 Å². The number of aromatic hydroxyl groups is 1. The van der Waals surface area contributed by atoms with Crippen molar-refractivity contribution < 1.29 is 33.6 Å². The van der Waals surface area contributed by atoms with E-state index in [4.69, 9.17) is 18.9 Å². The van der Waals surface area contributed by atoms with Crippen LogP contribution in [-0.2, 0) is 19.1 Å². The summed E-state index contributed by atoms with van der Waals surface area (Å²) in [4.78, 5) is 25.3. The largest absolute Gasteiger partial charge is 0.502 e. The van der Waals surface area contributed by atoms with Crippen molar-refractivity contribution >= 4 is 18.0 Å². The zero-order valence-corrected chi connectivity index (χ0v) is 19.2. The van der Waals surface area contributed by atoms with Gasteiger partial charge < -0.3 is 24.1 Å². The van der Waals surface area contributed by atoms with Crippen molar-refractivity contribution in [2.75, 3.05) is 27.4 Å². The van der Waals surface area contributed by atoms with Crippen LogP contribution in [0, 0.1) is 0 Å². The summed E-state index contributed by atoms with van der Waals surface area (Å²) in [6.07, 6.45) is 9.03.